The molecule has 1 nitrogen and oxygen atoms in total. The molecule has 0 bridgehead atoms. The molecule has 0 saturated heterocycles. The highest BCUT2D eigenvalue weighted by molar-refractivity contribution is 7.07. The largest absolute Gasteiger partial charge is 0.314 e. The second-order valence-electron chi connectivity index (χ2n) is 5.90. The van der Waals surface area contributed by atoms with E-state index in [0.29, 0.717) is 11.5 Å². The van der Waals surface area contributed by atoms with Crippen LogP contribution in [0, 0.1) is 5.41 Å². The van der Waals surface area contributed by atoms with Gasteiger partial charge in [0.05, 0.1) is 0 Å². The molecule has 0 atom stereocenters. The van der Waals surface area contributed by atoms with Gasteiger partial charge in [0.15, 0.2) is 0 Å². The molecule has 0 unspecified atom stereocenters. The fourth-order valence-electron chi connectivity index (χ4n) is 2.96. The Morgan fingerprint density at radius 2 is 2.06 bits per heavy atom. The molecule has 1 aliphatic rings. The predicted octanol–water partition coefficient (Wildman–Crippen LogP) is 4.24. The van der Waals surface area contributed by atoms with Crippen LogP contribution in [0.15, 0.2) is 16.8 Å². The molecule has 96 valence electrons. The lowest BCUT2D eigenvalue weighted by Gasteiger charge is -2.38. The van der Waals surface area contributed by atoms with Gasteiger partial charge in [-0.1, -0.05) is 33.1 Å². The number of hydrogen-bond donors (Lipinski definition) is 1. The molecule has 1 aromatic rings. The number of thiophene rings is 1. The first-order valence-corrected chi connectivity index (χ1v) is 7.89. The maximum Gasteiger partial charge on any atom is 0.00134 e. The third kappa shape index (κ3) is 3.82. The van der Waals surface area contributed by atoms with Gasteiger partial charge >= 0.3 is 0 Å². The minimum atomic E-state index is 0.531. The average molecular weight is 251 g/mol. The summed E-state index contributed by atoms with van der Waals surface area (Å²) < 4.78 is 0. The fourth-order valence-corrected chi connectivity index (χ4v) is 3.63. The third-order valence-corrected chi connectivity index (χ3v) is 4.69. The van der Waals surface area contributed by atoms with E-state index in [9.17, 15) is 0 Å². The molecule has 1 saturated carbocycles. The molecule has 2 heteroatoms. The smallest absolute Gasteiger partial charge is 0.00134 e. The normalized spacial score (nSPS) is 19.7. The van der Waals surface area contributed by atoms with Crippen LogP contribution in [0.25, 0.3) is 0 Å². The van der Waals surface area contributed by atoms with Crippen LogP contribution >= 0.6 is 11.3 Å². The van der Waals surface area contributed by atoms with E-state index in [-0.39, 0.29) is 0 Å². The maximum absolute atomic E-state index is 3.67. The standard InChI is InChI=1S/C15H25NS/c1-13(2)16-12-15(7-4-3-5-8-15)10-14-6-9-17-11-14/h6,9,11,13,16H,3-5,7-8,10,12H2,1-2H3. The molecular weight excluding hydrogens is 226 g/mol. The molecule has 0 aromatic carbocycles. The molecule has 1 aromatic heterocycles. The van der Waals surface area contributed by atoms with Crippen molar-refractivity contribution in [2.45, 2.75) is 58.4 Å². The number of rotatable bonds is 5. The zero-order valence-corrected chi connectivity index (χ0v) is 12.0. The third-order valence-electron chi connectivity index (χ3n) is 3.96. The summed E-state index contributed by atoms with van der Waals surface area (Å²) in [5.74, 6) is 0. The second-order valence-corrected chi connectivity index (χ2v) is 6.68. The zero-order valence-electron chi connectivity index (χ0n) is 11.2. The summed E-state index contributed by atoms with van der Waals surface area (Å²) >= 11 is 1.83. The number of nitrogens with one attached hydrogen (secondary N) is 1. The Bertz CT molecular complexity index is 310. The summed E-state index contributed by atoms with van der Waals surface area (Å²) in [6.07, 6.45) is 8.36. The summed E-state index contributed by atoms with van der Waals surface area (Å²) in [6.45, 7) is 5.70. The van der Waals surface area contributed by atoms with Crippen molar-refractivity contribution in [3.8, 4) is 0 Å². The van der Waals surface area contributed by atoms with Crippen LogP contribution in [-0.2, 0) is 6.42 Å². The van der Waals surface area contributed by atoms with Crippen molar-refractivity contribution < 1.29 is 0 Å². The van der Waals surface area contributed by atoms with Gasteiger partial charge in [-0.15, -0.1) is 0 Å². The van der Waals surface area contributed by atoms with Gasteiger partial charge in [-0.05, 0) is 47.1 Å². The van der Waals surface area contributed by atoms with Gasteiger partial charge in [-0.2, -0.15) is 11.3 Å². The summed E-state index contributed by atoms with van der Waals surface area (Å²) in [5.41, 5.74) is 2.08. The molecule has 2 rings (SSSR count). The summed E-state index contributed by atoms with van der Waals surface area (Å²) in [6, 6.07) is 2.91. The lowest BCUT2D eigenvalue weighted by molar-refractivity contribution is 0.176. The second kappa shape index (κ2) is 6.01. The van der Waals surface area contributed by atoms with E-state index in [0.717, 1.165) is 0 Å². The van der Waals surface area contributed by atoms with Crippen molar-refractivity contribution in [3.05, 3.63) is 22.4 Å². The van der Waals surface area contributed by atoms with Crippen molar-refractivity contribution in [1.82, 2.24) is 5.32 Å². The first-order valence-electron chi connectivity index (χ1n) is 6.95. The van der Waals surface area contributed by atoms with Gasteiger partial charge < -0.3 is 5.32 Å². The molecule has 1 aliphatic carbocycles. The lowest BCUT2D eigenvalue weighted by Crippen LogP contribution is -2.40. The summed E-state index contributed by atoms with van der Waals surface area (Å²) in [7, 11) is 0. The Balaban J connectivity index is 2.00. The summed E-state index contributed by atoms with van der Waals surface area (Å²) in [5, 5.41) is 8.21. The maximum atomic E-state index is 3.67. The van der Waals surface area contributed by atoms with Crippen molar-refractivity contribution in [3.63, 3.8) is 0 Å². The predicted molar refractivity (Wildman–Crippen MR) is 76.7 cm³/mol. The molecule has 0 spiro atoms. The van der Waals surface area contributed by atoms with Crippen LogP contribution in [0.1, 0.15) is 51.5 Å². The Hall–Kier alpha value is -0.340. The highest BCUT2D eigenvalue weighted by atomic mass is 32.1. The molecule has 1 heterocycles. The Morgan fingerprint density at radius 1 is 1.29 bits per heavy atom. The van der Waals surface area contributed by atoms with E-state index in [1.165, 1.54) is 45.1 Å². The molecule has 0 aliphatic heterocycles. The van der Waals surface area contributed by atoms with E-state index in [2.05, 4.69) is 36.0 Å². The monoisotopic (exact) mass is 251 g/mol. The van der Waals surface area contributed by atoms with Crippen molar-refractivity contribution in [1.29, 1.82) is 0 Å². The fraction of sp³-hybridized carbons (Fsp3) is 0.733. The highest BCUT2D eigenvalue weighted by Gasteiger charge is 2.32. The van der Waals surface area contributed by atoms with Gasteiger partial charge in [0.1, 0.15) is 0 Å². The van der Waals surface area contributed by atoms with E-state index in [4.69, 9.17) is 0 Å². The van der Waals surface area contributed by atoms with Crippen LogP contribution < -0.4 is 5.32 Å². The highest BCUT2D eigenvalue weighted by Crippen LogP contribution is 2.39. The van der Waals surface area contributed by atoms with E-state index in [1.807, 2.05) is 11.3 Å². The van der Waals surface area contributed by atoms with Crippen molar-refractivity contribution in [2.24, 2.45) is 5.41 Å². The molecule has 1 N–H and O–H groups in total. The molecule has 1 fully saturated rings. The molecule has 0 radical (unpaired) electrons. The van der Waals surface area contributed by atoms with Crippen LogP contribution in [0.4, 0.5) is 0 Å². The van der Waals surface area contributed by atoms with Crippen LogP contribution in [0.3, 0.4) is 0 Å². The lowest BCUT2D eigenvalue weighted by atomic mass is 9.70. The van der Waals surface area contributed by atoms with Gasteiger partial charge in [0.2, 0.25) is 0 Å². The van der Waals surface area contributed by atoms with Gasteiger partial charge in [-0.3, -0.25) is 0 Å². The van der Waals surface area contributed by atoms with E-state index in [1.54, 1.807) is 5.56 Å². The van der Waals surface area contributed by atoms with Crippen molar-refractivity contribution in [2.75, 3.05) is 6.54 Å². The number of hydrogen-bond acceptors (Lipinski definition) is 2. The van der Waals surface area contributed by atoms with E-state index >= 15 is 0 Å². The molecule has 0 amide bonds. The van der Waals surface area contributed by atoms with Gasteiger partial charge in [-0.25, -0.2) is 0 Å². The van der Waals surface area contributed by atoms with Gasteiger partial charge in [0.25, 0.3) is 0 Å². The Morgan fingerprint density at radius 3 is 2.65 bits per heavy atom. The Kier molecular flexibility index (Phi) is 4.63. The minimum absolute atomic E-state index is 0.531. The Labute approximate surface area is 110 Å². The van der Waals surface area contributed by atoms with E-state index < -0.39 is 0 Å². The average Bonchev–Trinajstić information content (AvgIpc) is 2.80. The first-order chi connectivity index (χ1) is 8.20. The van der Waals surface area contributed by atoms with Crippen LogP contribution in [-0.4, -0.2) is 12.6 Å². The van der Waals surface area contributed by atoms with Gasteiger partial charge in [0, 0.05) is 12.6 Å². The molecular formula is C15H25NS. The molecule has 17 heavy (non-hydrogen) atoms. The topological polar surface area (TPSA) is 12.0 Å². The SMILES string of the molecule is CC(C)NCC1(Cc2ccsc2)CCCCC1. The first kappa shape index (κ1) is 13.1. The quantitative estimate of drug-likeness (QED) is 0.825. The zero-order chi connectivity index (χ0) is 12.1. The summed E-state index contributed by atoms with van der Waals surface area (Å²) in [4.78, 5) is 0. The minimum Gasteiger partial charge on any atom is -0.314 e. The van der Waals surface area contributed by atoms with Crippen LogP contribution in [0.5, 0.6) is 0 Å². The van der Waals surface area contributed by atoms with Crippen molar-refractivity contribution >= 4 is 11.3 Å². The van der Waals surface area contributed by atoms with Crippen LogP contribution in [0.2, 0.25) is 0 Å².